The molecular weight excluding hydrogens is 450 g/mol. The molecule has 30 heavy (non-hydrogen) atoms. The van der Waals surface area contributed by atoms with Crippen LogP contribution in [0.25, 0.3) is 6.08 Å². The van der Waals surface area contributed by atoms with Gasteiger partial charge in [-0.3, -0.25) is 15.2 Å². The third-order valence-electron chi connectivity index (χ3n) is 3.87. The van der Waals surface area contributed by atoms with Crippen LogP contribution in [0.1, 0.15) is 11.1 Å². The zero-order valence-corrected chi connectivity index (χ0v) is 17.6. The average Bonchev–Trinajstić information content (AvgIpc) is 3.11. The highest BCUT2D eigenvalue weighted by atomic mass is 35.5. The third kappa shape index (κ3) is 4.13. The lowest BCUT2D eigenvalue weighted by Gasteiger charge is -2.20. The quantitative estimate of drug-likeness (QED) is 0.548. The van der Waals surface area contributed by atoms with E-state index in [1.807, 2.05) is 6.07 Å². The first-order valence-electron chi connectivity index (χ1n) is 8.31. The second-order valence-electron chi connectivity index (χ2n) is 6.14. The van der Waals surface area contributed by atoms with Crippen molar-refractivity contribution < 1.29 is 17.4 Å². The molecule has 0 saturated heterocycles. The molecule has 0 bridgehead atoms. The first-order chi connectivity index (χ1) is 14.2. The predicted molar refractivity (Wildman–Crippen MR) is 115 cm³/mol. The molecule has 4 rings (SSSR count). The summed E-state index contributed by atoms with van der Waals surface area (Å²) >= 11 is 7.25. The van der Waals surface area contributed by atoms with Gasteiger partial charge in [0.05, 0.1) is 16.9 Å². The summed E-state index contributed by atoms with van der Waals surface area (Å²) < 4.78 is 27.3. The molecule has 0 radical (unpaired) electrons. The topological polar surface area (TPSA) is 125 Å². The number of benzene rings is 1. The zero-order valence-electron chi connectivity index (χ0n) is 15.2. The summed E-state index contributed by atoms with van der Waals surface area (Å²) in [7, 11) is -3.73. The monoisotopic (exact) mass is 461 g/mol. The summed E-state index contributed by atoms with van der Waals surface area (Å²) in [5.41, 5.74) is 1.23. The molecule has 0 saturated carbocycles. The van der Waals surface area contributed by atoms with Crippen molar-refractivity contribution in [1.82, 2.24) is 9.99 Å². The summed E-state index contributed by atoms with van der Waals surface area (Å²) in [5, 5.41) is 15.0. The Kier molecular flexibility index (Phi) is 5.18. The van der Waals surface area contributed by atoms with E-state index in [2.05, 4.69) is 15.1 Å². The van der Waals surface area contributed by atoms with E-state index < -0.39 is 16.0 Å². The second kappa shape index (κ2) is 7.67. The van der Waals surface area contributed by atoms with Crippen molar-refractivity contribution in [3.05, 3.63) is 64.4 Å². The van der Waals surface area contributed by atoms with Crippen LogP contribution < -0.4 is 4.18 Å². The molecule has 9 nitrogen and oxygen atoms in total. The maximum Gasteiger partial charge on any atom is 0.306 e. The van der Waals surface area contributed by atoms with Gasteiger partial charge in [0.1, 0.15) is 5.04 Å². The van der Waals surface area contributed by atoms with Crippen LogP contribution in [0.2, 0.25) is 5.02 Å². The number of hydrogen-bond acceptors (Lipinski definition) is 8. The fraction of sp³-hybridized carbons (Fsp3) is 0.0556. The Bertz CT molecular complexity index is 1270. The lowest BCUT2D eigenvalue weighted by molar-refractivity contribution is -0.114. The number of thioether (sulfide) groups is 1. The van der Waals surface area contributed by atoms with E-state index in [4.69, 9.17) is 21.2 Å². The van der Waals surface area contributed by atoms with Gasteiger partial charge in [-0.05, 0) is 47.7 Å². The number of pyridine rings is 1. The van der Waals surface area contributed by atoms with Crippen molar-refractivity contribution in [2.45, 2.75) is 0 Å². The number of nitrogens with one attached hydrogen (secondary N) is 1. The SMILES string of the molecule is CS(=O)(=O)Oc1ccc(C=C2C(=N)N3N=C(c4cccnc4)SC3=NC2=O)cc1Cl. The fourth-order valence-corrected chi connectivity index (χ4v) is 4.23. The molecule has 0 spiro atoms. The van der Waals surface area contributed by atoms with Crippen molar-refractivity contribution in [3.8, 4) is 5.75 Å². The molecule has 152 valence electrons. The van der Waals surface area contributed by atoms with Gasteiger partial charge in [0.2, 0.25) is 5.17 Å². The predicted octanol–water partition coefficient (Wildman–Crippen LogP) is 2.74. The van der Waals surface area contributed by atoms with Gasteiger partial charge in [-0.1, -0.05) is 17.7 Å². The first-order valence-corrected chi connectivity index (χ1v) is 11.3. The van der Waals surface area contributed by atoms with E-state index in [0.717, 1.165) is 11.8 Å². The molecule has 0 fully saturated rings. The van der Waals surface area contributed by atoms with E-state index in [9.17, 15) is 13.2 Å². The molecule has 0 atom stereocenters. The summed E-state index contributed by atoms with van der Waals surface area (Å²) in [5.74, 6) is -0.758. The molecule has 2 aliphatic rings. The Morgan fingerprint density at radius 3 is 2.77 bits per heavy atom. The number of hydrogen-bond donors (Lipinski definition) is 1. The molecule has 3 heterocycles. The number of nitrogens with zero attached hydrogens (tertiary/aromatic N) is 4. The van der Waals surface area contributed by atoms with Gasteiger partial charge in [-0.2, -0.15) is 23.5 Å². The summed E-state index contributed by atoms with van der Waals surface area (Å²) in [6.07, 6.45) is 5.61. The Morgan fingerprint density at radius 2 is 2.10 bits per heavy atom. The Labute approximate surface area is 180 Å². The van der Waals surface area contributed by atoms with Crippen LogP contribution in [0, 0.1) is 5.41 Å². The van der Waals surface area contributed by atoms with Gasteiger partial charge in [-0.25, -0.2) is 0 Å². The maximum absolute atomic E-state index is 12.5. The highest BCUT2D eigenvalue weighted by Gasteiger charge is 2.36. The summed E-state index contributed by atoms with van der Waals surface area (Å²) in [4.78, 5) is 20.6. The van der Waals surface area contributed by atoms with E-state index in [0.29, 0.717) is 10.6 Å². The van der Waals surface area contributed by atoms with Crippen LogP contribution in [-0.2, 0) is 14.9 Å². The van der Waals surface area contributed by atoms with Crippen LogP contribution in [0.15, 0.2) is 58.4 Å². The largest absolute Gasteiger partial charge is 0.381 e. The van der Waals surface area contributed by atoms with Gasteiger partial charge in [0, 0.05) is 18.0 Å². The minimum Gasteiger partial charge on any atom is -0.381 e. The molecule has 0 unspecified atom stereocenters. The van der Waals surface area contributed by atoms with Gasteiger partial charge >= 0.3 is 10.1 Å². The Hall–Kier alpha value is -3.02. The summed E-state index contributed by atoms with van der Waals surface area (Å²) in [6.45, 7) is 0. The number of amides is 1. The number of carbonyl (C=O) groups is 1. The van der Waals surface area contributed by atoms with Crippen LogP contribution in [0.5, 0.6) is 5.75 Å². The fourth-order valence-electron chi connectivity index (χ4n) is 2.60. The van der Waals surface area contributed by atoms with Crippen molar-refractivity contribution >= 4 is 61.5 Å². The number of amidine groups is 2. The van der Waals surface area contributed by atoms with E-state index >= 15 is 0 Å². The van der Waals surface area contributed by atoms with Crippen molar-refractivity contribution in [2.24, 2.45) is 10.1 Å². The number of carbonyl (C=O) groups excluding carboxylic acids is 1. The Balaban J connectivity index is 1.64. The average molecular weight is 462 g/mol. The number of fused-ring (bicyclic) bond motifs is 1. The number of rotatable bonds is 4. The van der Waals surface area contributed by atoms with Gasteiger partial charge in [0.15, 0.2) is 11.6 Å². The molecule has 1 aromatic carbocycles. The highest BCUT2D eigenvalue weighted by molar-refractivity contribution is 8.27. The standard InChI is InChI=1S/C18H12ClN5O4S2/c1-30(26,27)28-14-5-4-10(8-13(14)19)7-12-15(20)24-18(22-16(12)25)29-17(23-24)11-3-2-6-21-9-11/h2-9,20H,1H3. The smallest absolute Gasteiger partial charge is 0.306 e. The molecule has 1 N–H and O–H groups in total. The van der Waals surface area contributed by atoms with Crippen LogP contribution in [-0.4, -0.2) is 46.6 Å². The van der Waals surface area contributed by atoms with E-state index in [1.54, 1.807) is 18.5 Å². The number of hydrazone groups is 1. The maximum atomic E-state index is 12.5. The van der Waals surface area contributed by atoms with Crippen LogP contribution >= 0.6 is 23.4 Å². The van der Waals surface area contributed by atoms with Crippen molar-refractivity contribution in [1.29, 1.82) is 5.41 Å². The second-order valence-corrected chi connectivity index (χ2v) is 9.08. The minimum absolute atomic E-state index is 0.0170. The normalized spacial score (nSPS) is 17.7. The zero-order chi connectivity index (χ0) is 21.5. The molecular formula is C18H12ClN5O4S2. The number of aliphatic imine (C=N–C) groups is 1. The molecule has 1 aromatic heterocycles. The van der Waals surface area contributed by atoms with Crippen molar-refractivity contribution in [2.75, 3.05) is 6.26 Å². The lowest BCUT2D eigenvalue weighted by atomic mass is 10.1. The van der Waals surface area contributed by atoms with Crippen molar-refractivity contribution in [3.63, 3.8) is 0 Å². The molecule has 2 aromatic rings. The Morgan fingerprint density at radius 1 is 1.30 bits per heavy atom. The number of aromatic nitrogens is 1. The highest BCUT2D eigenvalue weighted by Crippen LogP contribution is 2.32. The van der Waals surface area contributed by atoms with Gasteiger partial charge in [-0.15, -0.1) is 0 Å². The van der Waals surface area contributed by atoms with Gasteiger partial charge < -0.3 is 4.18 Å². The van der Waals surface area contributed by atoms with E-state index in [-0.39, 0.29) is 27.3 Å². The number of halogens is 1. The van der Waals surface area contributed by atoms with Crippen LogP contribution in [0.3, 0.4) is 0 Å². The van der Waals surface area contributed by atoms with Crippen LogP contribution in [0.4, 0.5) is 0 Å². The van der Waals surface area contributed by atoms with E-state index in [1.165, 1.54) is 41.0 Å². The third-order valence-corrected chi connectivity index (χ3v) is 5.61. The first kappa shape index (κ1) is 20.3. The lowest BCUT2D eigenvalue weighted by Crippen LogP contribution is -2.35. The molecule has 1 amide bonds. The molecule has 12 heteroatoms. The summed E-state index contributed by atoms with van der Waals surface area (Å²) in [6, 6.07) is 7.90. The molecule has 0 aliphatic carbocycles. The molecule has 2 aliphatic heterocycles. The minimum atomic E-state index is -3.73. The van der Waals surface area contributed by atoms with Gasteiger partial charge in [0.25, 0.3) is 5.91 Å².